The number of nitrogens with two attached hydrogens (primary N) is 2. The van der Waals surface area contributed by atoms with Crippen LogP contribution in [0.4, 0.5) is 5.69 Å². The van der Waals surface area contributed by atoms with Gasteiger partial charge in [-0.2, -0.15) is 0 Å². The number of oxazole rings is 1. The summed E-state index contributed by atoms with van der Waals surface area (Å²) >= 11 is 0. The van der Waals surface area contributed by atoms with Crippen molar-refractivity contribution < 1.29 is 4.42 Å². The topological polar surface area (TPSA) is 78.1 Å². The van der Waals surface area contributed by atoms with E-state index in [4.69, 9.17) is 15.9 Å². The summed E-state index contributed by atoms with van der Waals surface area (Å²) < 4.78 is 5.28. The van der Waals surface area contributed by atoms with Crippen LogP contribution in [0, 0.1) is 0 Å². The molecule has 0 bridgehead atoms. The van der Waals surface area contributed by atoms with Crippen LogP contribution in [0.15, 0.2) is 22.6 Å². The number of nitrogen functional groups attached to an aromatic ring is 1. The molecule has 12 heavy (non-hydrogen) atoms. The van der Waals surface area contributed by atoms with E-state index in [1.54, 1.807) is 12.1 Å². The number of rotatable bonds is 1. The Bertz CT molecular complexity index is 408. The molecule has 0 fully saturated rings. The van der Waals surface area contributed by atoms with Crippen LogP contribution in [0.25, 0.3) is 11.1 Å². The molecule has 0 amide bonds. The maximum atomic E-state index is 5.56. The number of benzene rings is 1. The number of nitrogens with zero attached hydrogens (tertiary/aromatic N) is 1. The molecule has 4 nitrogen and oxygen atoms in total. The Hall–Kier alpha value is -1.55. The van der Waals surface area contributed by atoms with Crippen LogP contribution in [0.3, 0.4) is 0 Å². The first kappa shape index (κ1) is 7.12. The Balaban J connectivity index is 2.67. The molecule has 0 saturated carbocycles. The van der Waals surface area contributed by atoms with Gasteiger partial charge in [0.1, 0.15) is 5.52 Å². The van der Waals surface area contributed by atoms with Crippen molar-refractivity contribution in [2.75, 3.05) is 5.73 Å². The third-order valence-electron chi connectivity index (χ3n) is 1.63. The van der Waals surface area contributed by atoms with Crippen LogP contribution in [0.5, 0.6) is 0 Å². The summed E-state index contributed by atoms with van der Waals surface area (Å²) in [6.45, 7) is 0.314. The average molecular weight is 163 g/mol. The van der Waals surface area contributed by atoms with E-state index in [2.05, 4.69) is 4.98 Å². The van der Waals surface area contributed by atoms with E-state index in [1.165, 1.54) is 0 Å². The van der Waals surface area contributed by atoms with Crippen molar-refractivity contribution in [3.05, 3.63) is 24.1 Å². The van der Waals surface area contributed by atoms with Crippen molar-refractivity contribution in [1.82, 2.24) is 4.98 Å². The number of hydrogen-bond acceptors (Lipinski definition) is 4. The quantitative estimate of drug-likeness (QED) is 0.611. The van der Waals surface area contributed by atoms with Gasteiger partial charge in [0.25, 0.3) is 0 Å². The lowest BCUT2D eigenvalue weighted by Gasteiger charge is -1.88. The second-order valence-electron chi connectivity index (χ2n) is 2.54. The monoisotopic (exact) mass is 163 g/mol. The Morgan fingerprint density at radius 1 is 1.42 bits per heavy atom. The molecule has 1 aromatic heterocycles. The molecule has 1 heterocycles. The SMILES string of the molecule is NCc1nc2ccc(N)cc2o1. The van der Waals surface area contributed by atoms with E-state index in [1.807, 2.05) is 6.07 Å². The van der Waals surface area contributed by atoms with Crippen LogP contribution < -0.4 is 11.5 Å². The zero-order valence-corrected chi connectivity index (χ0v) is 6.45. The fraction of sp³-hybridized carbons (Fsp3) is 0.125. The maximum Gasteiger partial charge on any atom is 0.209 e. The minimum Gasteiger partial charge on any atom is -0.439 e. The highest BCUT2D eigenvalue weighted by atomic mass is 16.3. The second kappa shape index (κ2) is 2.49. The van der Waals surface area contributed by atoms with E-state index in [-0.39, 0.29) is 0 Å². The average Bonchev–Trinajstić information content (AvgIpc) is 2.46. The molecule has 0 aliphatic rings. The van der Waals surface area contributed by atoms with Gasteiger partial charge in [-0.1, -0.05) is 0 Å². The van der Waals surface area contributed by atoms with Crippen molar-refractivity contribution in [2.45, 2.75) is 6.54 Å². The van der Waals surface area contributed by atoms with Crippen LogP contribution in [0.1, 0.15) is 5.89 Å². The summed E-state index contributed by atoms with van der Waals surface area (Å²) in [6, 6.07) is 5.33. The highest BCUT2D eigenvalue weighted by molar-refractivity contribution is 5.76. The van der Waals surface area contributed by atoms with Gasteiger partial charge in [0.05, 0.1) is 6.54 Å². The van der Waals surface area contributed by atoms with E-state index < -0.39 is 0 Å². The summed E-state index contributed by atoms with van der Waals surface area (Å²) in [5, 5.41) is 0. The molecule has 4 N–H and O–H groups in total. The number of hydrogen-bond donors (Lipinski definition) is 2. The van der Waals surface area contributed by atoms with Gasteiger partial charge in [0.2, 0.25) is 5.89 Å². The van der Waals surface area contributed by atoms with Gasteiger partial charge in [0.15, 0.2) is 5.58 Å². The Kier molecular flexibility index (Phi) is 1.48. The van der Waals surface area contributed by atoms with Gasteiger partial charge in [-0.05, 0) is 12.1 Å². The van der Waals surface area contributed by atoms with E-state index in [9.17, 15) is 0 Å². The molecule has 0 unspecified atom stereocenters. The predicted molar refractivity (Wildman–Crippen MR) is 46.3 cm³/mol. The van der Waals surface area contributed by atoms with Crippen molar-refractivity contribution in [2.24, 2.45) is 5.73 Å². The van der Waals surface area contributed by atoms with Crippen LogP contribution in [0.2, 0.25) is 0 Å². The summed E-state index contributed by atoms with van der Waals surface area (Å²) in [6.07, 6.45) is 0. The maximum absolute atomic E-state index is 5.56. The molecule has 0 aliphatic carbocycles. The molecule has 0 atom stereocenters. The Morgan fingerprint density at radius 2 is 2.25 bits per heavy atom. The first-order valence-electron chi connectivity index (χ1n) is 3.64. The molecular formula is C8H9N3O. The molecule has 1 aromatic carbocycles. The van der Waals surface area contributed by atoms with Gasteiger partial charge in [0, 0.05) is 11.8 Å². The van der Waals surface area contributed by atoms with Gasteiger partial charge >= 0.3 is 0 Å². The van der Waals surface area contributed by atoms with Gasteiger partial charge in [-0.25, -0.2) is 4.98 Å². The molecule has 0 aliphatic heterocycles. The highest BCUT2D eigenvalue weighted by Gasteiger charge is 2.02. The van der Waals surface area contributed by atoms with Crippen LogP contribution in [-0.4, -0.2) is 4.98 Å². The number of fused-ring (bicyclic) bond motifs is 1. The normalized spacial score (nSPS) is 10.8. The van der Waals surface area contributed by atoms with Gasteiger partial charge in [-0.15, -0.1) is 0 Å². The molecular weight excluding hydrogens is 154 g/mol. The fourth-order valence-electron chi connectivity index (χ4n) is 1.08. The zero-order valence-electron chi connectivity index (χ0n) is 6.45. The smallest absolute Gasteiger partial charge is 0.209 e. The van der Waals surface area contributed by atoms with Crippen molar-refractivity contribution in [3.63, 3.8) is 0 Å². The lowest BCUT2D eigenvalue weighted by molar-refractivity contribution is 0.533. The summed E-state index contributed by atoms with van der Waals surface area (Å²) in [4.78, 5) is 4.13. The minimum absolute atomic E-state index is 0.314. The third kappa shape index (κ3) is 1.02. The predicted octanol–water partition coefficient (Wildman–Crippen LogP) is 0.869. The minimum atomic E-state index is 0.314. The standard InChI is InChI=1S/C8H9N3O/c9-4-8-11-6-2-1-5(10)3-7(6)12-8/h1-3H,4,9-10H2. The fourth-order valence-corrected chi connectivity index (χ4v) is 1.08. The van der Waals surface area contributed by atoms with E-state index >= 15 is 0 Å². The Labute approximate surface area is 69.2 Å². The zero-order chi connectivity index (χ0) is 8.55. The summed E-state index contributed by atoms with van der Waals surface area (Å²) in [7, 11) is 0. The lowest BCUT2D eigenvalue weighted by Crippen LogP contribution is -1.94. The van der Waals surface area contributed by atoms with Crippen LogP contribution >= 0.6 is 0 Å². The van der Waals surface area contributed by atoms with Crippen LogP contribution in [-0.2, 0) is 6.54 Å². The van der Waals surface area contributed by atoms with Crippen molar-refractivity contribution >= 4 is 16.8 Å². The lowest BCUT2D eigenvalue weighted by atomic mass is 10.3. The molecule has 62 valence electrons. The largest absolute Gasteiger partial charge is 0.439 e. The molecule has 4 heteroatoms. The van der Waals surface area contributed by atoms with Gasteiger partial charge < -0.3 is 15.9 Å². The molecule has 2 aromatic rings. The summed E-state index contributed by atoms with van der Waals surface area (Å²) in [5.74, 6) is 0.538. The number of anilines is 1. The van der Waals surface area contributed by atoms with E-state index in [0.717, 1.165) is 5.52 Å². The Morgan fingerprint density at radius 3 is 3.00 bits per heavy atom. The summed E-state index contributed by atoms with van der Waals surface area (Å²) in [5.41, 5.74) is 13.1. The molecule has 0 spiro atoms. The molecule has 0 saturated heterocycles. The second-order valence-corrected chi connectivity index (χ2v) is 2.54. The third-order valence-corrected chi connectivity index (χ3v) is 1.63. The van der Waals surface area contributed by atoms with Crippen molar-refractivity contribution in [3.8, 4) is 0 Å². The first-order valence-corrected chi connectivity index (χ1v) is 3.64. The molecule has 2 rings (SSSR count). The first-order chi connectivity index (χ1) is 5.79. The molecule has 0 radical (unpaired) electrons. The van der Waals surface area contributed by atoms with Crippen molar-refractivity contribution in [1.29, 1.82) is 0 Å². The van der Waals surface area contributed by atoms with Gasteiger partial charge in [-0.3, -0.25) is 0 Å². The van der Waals surface area contributed by atoms with E-state index in [0.29, 0.717) is 23.7 Å². The number of aromatic nitrogens is 1. The highest BCUT2D eigenvalue weighted by Crippen LogP contribution is 2.17.